The Bertz CT molecular complexity index is 3800. The van der Waals surface area contributed by atoms with Crippen LogP contribution >= 0.6 is 0 Å². The number of hydrogen-bond donors (Lipinski definition) is 0. The zero-order valence-corrected chi connectivity index (χ0v) is 34.0. The lowest BCUT2D eigenvalue weighted by atomic mass is 9.95. The van der Waals surface area contributed by atoms with E-state index >= 15 is 13.2 Å². The van der Waals surface area contributed by atoms with Crippen LogP contribution in [0, 0.1) is 45.3 Å². The van der Waals surface area contributed by atoms with E-state index in [1.165, 1.54) is 24.3 Å². The van der Waals surface area contributed by atoms with Gasteiger partial charge >= 0.3 is 12.4 Å². The van der Waals surface area contributed by atoms with Crippen molar-refractivity contribution in [2.75, 3.05) is 0 Å². The van der Waals surface area contributed by atoms with E-state index in [9.17, 15) is 34.2 Å². The zero-order valence-electron chi connectivity index (χ0n) is 34.0. The van der Waals surface area contributed by atoms with Crippen LogP contribution in [0.3, 0.4) is 0 Å². The average Bonchev–Trinajstić information content (AvgIpc) is 3.84. The Morgan fingerprint density at radius 2 is 0.788 bits per heavy atom. The summed E-state index contributed by atoms with van der Waals surface area (Å²) in [7, 11) is 0. The number of alkyl halides is 6. The largest absolute Gasteiger partial charge is 0.417 e. The number of nitriles is 4. The highest BCUT2D eigenvalue weighted by Crippen LogP contribution is 2.46. The van der Waals surface area contributed by atoms with Gasteiger partial charge in [0.05, 0.1) is 91.1 Å². The Hall–Kier alpha value is -9.10. The van der Waals surface area contributed by atoms with E-state index in [0.717, 1.165) is 24.3 Å². The number of fused-ring (bicyclic) bond motifs is 6. The Morgan fingerprint density at radius 3 is 1.23 bits per heavy atom. The highest BCUT2D eigenvalue weighted by Gasteiger charge is 2.37. The summed E-state index contributed by atoms with van der Waals surface area (Å²) in [5.41, 5.74) is 3.05. The number of para-hydroxylation sites is 2. The summed E-state index contributed by atoms with van der Waals surface area (Å²) in [5.74, 6) is 0. The van der Waals surface area contributed by atoms with Crippen molar-refractivity contribution in [1.29, 1.82) is 21.0 Å². The van der Waals surface area contributed by atoms with Gasteiger partial charge in [-0.15, -0.1) is 0 Å². The lowest BCUT2D eigenvalue weighted by Gasteiger charge is -2.22. The number of benzene rings is 8. The lowest BCUT2D eigenvalue weighted by molar-refractivity contribution is -0.137. The first-order valence-electron chi connectivity index (χ1n) is 20.2. The maximum Gasteiger partial charge on any atom is 0.417 e. The van der Waals surface area contributed by atoms with Crippen molar-refractivity contribution in [2.24, 2.45) is 0 Å². The summed E-state index contributed by atoms with van der Waals surface area (Å²) in [6.07, 6.45) is -9.88. The molecule has 0 saturated carbocycles. The number of rotatable bonds is 5. The molecule has 0 aliphatic rings. The predicted molar refractivity (Wildman–Crippen MR) is 240 cm³/mol. The molecular weight excluding hydrogens is 847 g/mol. The minimum Gasteiger partial charge on any atom is -0.307 e. The third kappa shape index (κ3) is 6.82. The Balaban J connectivity index is 1.32. The monoisotopic (exact) mass is 872 g/mol. The molecule has 66 heavy (non-hydrogen) atoms. The quantitative estimate of drug-likeness (QED) is 0.161. The van der Waals surface area contributed by atoms with Crippen LogP contribution in [-0.4, -0.2) is 9.13 Å². The van der Waals surface area contributed by atoms with Gasteiger partial charge in [-0.25, -0.2) is 0 Å². The third-order valence-electron chi connectivity index (χ3n) is 11.8. The molecular formula is C54H26F6N6. The number of halogens is 6. The van der Waals surface area contributed by atoms with Crippen molar-refractivity contribution in [3.63, 3.8) is 0 Å². The maximum atomic E-state index is 15.7. The molecule has 0 unspecified atom stereocenters. The fraction of sp³-hybridized carbons (Fsp3) is 0.0370. The zero-order chi connectivity index (χ0) is 46.1. The van der Waals surface area contributed by atoms with Crippen molar-refractivity contribution in [3.8, 4) is 69.0 Å². The molecule has 8 aromatic carbocycles. The topological polar surface area (TPSA) is 105 Å². The van der Waals surface area contributed by atoms with Crippen LogP contribution in [0.1, 0.15) is 33.4 Å². The number of aromatic nitrogens is 2. The van der Waals surface area contributed by atoms with Crippen molar-refractivity contribution >= 4 is 43.6 Å². The third-order valence-corrected chi connectivity index (χ3v) is 11.8. The standard InChI is InChI=1S/C54H26F6N6/c55-53(56,57)40-7-5-6-37(22-40)43-25-51(65-47-10-3-1-8-41(47)44-23-35(12-14-49(44)65)38-18-31(27-61)16-32(19-38)28-62)52(26-46(43)54(58,59)60)66-48-11-4-2-9-42(48)45-24-36(13-15-50(45)66)39-20-33(29-63)17-34(21-39)30-64/h1-26H. The Morgan fingerprint density at radius 1 is 0.348 bits per heavy atom. The van der Waals surface area contributed by atoms with Gasteiger partial charge in [-0.3, -0.25) is 0 Å². The summed E-state index contributed by atoms with van der Waals surface area (Å²) >= 11 is 0. The van der Waals surface area contributed by atoms with Gasteiger partial charge in [-0.2, -0.15) is 47.4 Å². The van der Waals surface area contributed by atoms with Gasteiger partial charge in [0.1, 0.15) is 0 Å². The lowest BCUT2D eigenvalue weighted by Crippen LogP contribution is -2.12. The van der Waals surface area contributed by atoms with Crippen LogP contribution in [0.15, 0.2) is 158 Å². The normalized spacial score (nSPS) is 11.7. The summed E-state index contributed by atoms with van der Waals surface area (Å²) in [6.45, 7) is 0. The molecule has 10 aromatic rings. The molecule has 0 amide bonds. The SMILES string of the molecule is N#Cc1cc(C#N)cc(-c2ccc3c(c2)c2ccccc2n3-c2cc(-c3cccc(C(F)(F)F)c3)c(C(F)(F)F)cc2-n2c3ccccc3c3cc(-c4cc(C#N)cc(C#N)c4)ccc32)c1. The van der Waals surface area contributed by atoms with E-state index < -0.39 is 29.0 Å². The van der Waals surface area contributed by atoms with E-state index in [1.54, 1.807) is 81.9 Å². The van der Waals surface area contributed by atoms with Gasteiger partial charge < -0.3 is 9.13 Å². The van der Waals surface area contributed by atoms with Crippen molar-refractivity contribution in [2.45, 2.75) is 12.4 Å². The maximum absolute atomic E-state index is 15.7. The van der Waals surface area contributed by atoms with Crippen LogP contribution in [0.4, 0.5) is 26.3 Å². The fourth-order valence-electron chi connectivity index (χ4n) is 8.94. The van der Waals surface area contributed by atoms with Crippen LogP contribution in [0.5, 0.6) is 0 Å². The van der Waals surface area contributed by atoms with Crippen LogP contribution in [0.25, 0.3) is 88.4 Å². The minimum atomic E-state index is -5.04. The smallest absolute Gasteiger partial charge is 0.307 e. The first-order chi connectivity index (χ1) is 31.8. The molecule has 2 aromatic heterocycles. The van der Waals surface area contributed by atoms with Gasteiger partial charge in [0.2, 0.25) is 0 Å². The molecule has 0 N–H and O–H groups in total. The second-order valence-corrected chi connectivity index (χ2v) is 15.7. The van der Waals surface area contributed by atoms with E-state index in [4.69, 9.17) is 0 Å². The van der Waals surface area contributed by atoms with E-state index in [0.29, 0.717) is 65.9 Å². The highest BCUT2D eigenvalue weighted by atomic mass is 19.4. The predicted octanol–water partition coefficient (Wildman–Crippen LogP) is 14.4. The van der Waals surface area contributed by atoms with Crippen LogP contribution in [-0.2, 0) is 12.4 Å². The first-order valence-corrected chi connectivity index (χ1v) is 20.2. The highest BCUT2D eigenvalue weighted by molar-refractivity contribution is 6.13. The second-order valence-electron chi connectivity index (χ2n) is 15.7. The molecule has 0 bridgehead atoms. The van der Waals surface area contributed by atoms with Crippen molar-refractivity contribution in [1.82, 2.24) is 9.13 Å². The Kier molecular flexibility index (Phi) is 9.50. The van der Waals surface area contributed by atoms with Crippen LogP contribution < -0.4 is 0 Å². The van der Waals surface area contributed by atoms with Gasteiger partial charge in [0.15, 0.2) is 0 Å². The second kappa shape index (κ2) is 15.3. The molecule has 0 radical (unpaired) electrons. The molecule has 0 saturated heterocycles. The van der Waals surface area contributed by atoms with E-state index in [-0.39, 0.29) is 39.2 Å². The van der Waals surface area contributed by atoms with Gasteiger partial charge in [-0.1, -0.05) is 60.7 Å². The summed E-state index contributed by atoms with van der Waals surface area (Å²) in [6, 6.07) is 49.4. The van der Waals surface area contributed by atoms with Gasteiger partial charge in [0.25, 0.3) is 0 Å². The van der Waals surface area contributed by atoms with Gasteiger partial charge in [0, 0.05) is 21.5 Å². The minimum absolute atomic E-state index is 0.0716. The molecule has 2 heterocycles. The molecule has 10 rings (SSSR count). The molecule has 0 aliphatic carbocycles. The molecule has 6 nitrogen and oxygen atoms in total. The summed E-state index contributed by atoms with van der Waals surface area (Å²) in [4.78, 5) is 0. The summed E-state index contributed by atoms with van der Waals surface area (Å²) < 4.78 is 93.0. The first kappa shape index (κ1) is 40.9. The Labute approximate surface area is 371 Å². The van der Waals surface area contributed by atoms with Crippen LogP contribution in [0.2, 0.25) is 0 Å². The number of nitrogens with zero attached hydrogens (tertiary/aromatic N) is 6. The molecule has 0 spiro atoms. The average molecular weight is 873 g/mol. The molecule has 0 atom stereocenters. The summed E-state index contributed by atoms with van der Waals surface area (Å²) in [5, 5.41) is 41.6. The molecule has 0 aliphatic heterocycles. The molecule has 0 fully saturated rings. The van der Waals surface area contributed by atoms with E-state index in [2.05, 4.69) is 24.3 Å². The van der Waals surface area contributed by atoms with Crippen molar-refractivity contribution in [3.05, 3.63) is 191 Å². The molecule has 12 heteroatoms. The van der Waals surface area contributed by atoms with Gasteiger partial charge in [-0.05, 0) is 130 Å². The number of hydrogen-bond acceptors (Lipinski definition) is 4. The molecule has 314 valence electrons. The fourth-order valence-corrected chi connectivity index (χ4v) is 8.94. The van der Waals surface area contributed by atoms with Crippen molar-refractivity contribution < 1.29 is 26.3 Å². The van der Waals surface area contributed by atoms with E-state index in [1.807, 2.05) is 36.4 Å².